The van der Waals surface area contributed by atoms with Gasteiger partial charge in [0.05, 0.1) is 17.7 Å². The molecule has 0 radical (unpaired) electrons. The summed E-state index contributed by atoms with van der Waals surface area (Å²) in [4.78, 5) is 28.2. The third kappa shape index (κ3) is 6.30. The maximum atomic E-state index is 12.0. The smallest absolute Gasteiger partial charge is 0.306 e. The molecule has 33 heavy (non-hydrogen) atoms. The van der Waals surface area contributed by atoms with Gasteiger partial charge in [0.25, 0.3) is 0 Å². The molecule has 1 amide bonds. The Balaban J connectivity index is 1.19. The molecule has 0 saturated carbocycles. The first kappa shape index (κ1) is 23.2. The van der Waals surface area contributed by atoms with E-state index in [9.17, 15) is 9.59 Å². The Bertz CT molecular complexity index is 1070. The molecule has 1 aliphatic heterocycles. The summed E-state index contributed by atoms with van der Waals surface area (Å²) >= 11 is 1.57. The second kappa shape index (κ2) is 11.2. The summed E-state index contributed by atoms with van der Waals surface area (Å²) in [5, 5.41) is 4.09. The summed E-state index contributed by atoms with van der Waals surface area (Å²) in [5.74, 6) is 0.598. The standard InChI is InChI=1S/C25H30N4O3S/c1-2-32-24(31)12-11-23(30)26-20-9-7-19(8-10-20)13-14-28-15-17-29(18-16-28)25-21-5-3-4-6-22(21)33-27-25/h3-10H,2,11-18H2,1H3,(H,26,30). The zero-order valence-corrected chi connectivity index (χ0v) is 19.8. The lowest BCUT2D eigenvalue weighted by Crippen LogP contribution is -2.47. The van der Waals surface area contributed by atoms with Crippen LogP contribution >= 0.6 is 11.5 Å². The maximum absolute atomic E-state index is 12.0. The first-order chi connectivity index (χ1) is 16.1. The highest BCUT2D eigenvalue weighted by Crippen LogP contribution is 2.29. The van der Waals surface area contributed by atoms with Gasteiger partial charge in [0.15, 0.2) is 0 Å². The highest BCUT2D eigenvalue weighted by atomic mass is 32.1. The number of aromatic nitrogens is 1. The van der Waals surface area contributed by atoms with Crippen LogP contribution in [0, 0.1) is 0 Å². The van der Waals surface area contributed by atoms with Crippen molar-refractivity contribution in [2.75, 3.05) is 49.5 Å². The van der Waals surface area contributed by atoms with E-state index in [0.717, 1.165) is 50.6 Å². The Hall–Kier alpha value is -2.97. The van der Waals surface area contributed by atoms with Crippen molar-refractivity contribution in [2.45, 2.75) is 26.2 Å². The van der Waals surface area contributed by atoms with Gasteiger partial charge in [-0.3, -0.25) is 14.5 Å². The van der Waals surface area contributed by atoms with E-state index in [-0.39, 0.29) is 24.7 Å². The van der Waals surface area contributed by atoms with Crippen molar-refractivity contribution < 1.29 is 14.3 Å². The minimum Gasteiger partial charge on any atom is -0.466 e. The first-order valence-corrected chi connectivity index (χ1v) is 12.3. The molecule has 0 bridgehead atoms. The fraction of sp³-hybridized carbons (Fsp3) is 0.400. The number of carbonyl (C=O) groups excluding carboxylic acids is 2. The summed E-state index contributed by atoms with van der Waals surface area (Å²) in [6.45, 7) is 7.14. The molecule has 2 heterocycles. The number of nitrogens with one attached hydrogen (secondary N) is 1. The fourth-order valence-corrected chi connectivity index (χ4v) is 4.79. The average Bonchev–Trinajstić information content (AvgIpc) is 3.27. The molecule has 1 N–H and O–H groups in total. The van der Waals surface area contributed by atoms with Crippen molar-refractivity contribution in [1.82, 2.24) is 9.27 Å². The van der Waals surface area contributed by atoms with Crippen LogP contribution in [0.3, 0.4) is 0 Å². The zero-order valence-electron chi connectivity index (χ0n) is 19.0. The predicted molar refractivity (Wildman–Crippen MR) is 133 cm³/mol. The Kier molecular flexibility index (Phi) is 7.91. The lowest BCUT2D eigenvalue weighted by atomic mass is 10.1. The number of nitrogens with zero attached hydrogens (tertiary/aromatic N) is 3. The minimum absolute atomic E-state index is 0.101. The number of anilines is 2. The SMILES string of the molecule is CCOC(=O)CCC(=O)Nc1ccc(CCN2CCN(c3nsc4ccccc34)CC2)cc1. The van der Waals surface area contributed by atoms with Crippen molar-refractivity contribution >= 4 is 45.0 Å². The van der Waals surface area contributed by atoms with Gasteiger partial charge in [-0.25, -0.2) is 0 Å². The molecule has 1 aliphatic rings. The summed E-state index contributed by atoms with van der Waals surface area (Å²) in [6.07, 6.45) is 1.20. The molecule has 3 aromatic rings. The number of ether oxygens (including phenoxy) is 1. The van der Waals surface area contributed by atoms with Crippen molar-refractivity contribution in [2.24, 2.45) is 0 Å². The molecule has 1 aromatic heterocycles. The molecule has 0 spiro atoms. The number of hydrogen-bond donors (Lipinski definition) is 1. The van der Waals surface area contributed by atoms with E-state index in [4.69, 9.17) is 9.11 Å². The van der Waals surface area contributed by atoms with Gasteiger partial charge in [0.1, 0.15) is 5.82 Å². The second-order valence-electron chi connectivity index (χ2n) is 8.13. The maximum Gasteiger partial charge on any atom is 0.306 e. The van der Waals surface area contributed by atoms with Crippen LogP contribution in [-0.4, -0.2) is 60.5 Å². The molecular formula is C25H30N4O3S. The molecule has 7 nitrogen and oxygen atoms in total. The molecule has 0 aliphatic carbocycles. The number of amides is 1. The number of esters is 1. The highest BCUT2D eigenvalue weighted by molar-refractivity contribution is 7.13. The number of carbonyl (C=O) groups is 2. The van der Waals surface area contributed by atoms with Gasteiger partial charge in [0, 0.05) is 50.2 Å². The van der Waals surface area contributed by atoms with Gasteiger partial charge in [-0.05, 0) is 54.7 Å². The van der Waals surface area contributed by atoms with Gasteiger partial charge >= 0.3 is 5.97 Å². The molecular weight excluding hydrogens is 436 g/mol. The number of fused-ring (bicyclic) bond motifs is 1. The van der Waals surface area contributed by atoms with Crippen LogP contribution in [0.1, 0.15) is 25.3 Å². The molecule has 4 rings (SSSR count). The quantitative estimate of drug-likeness (QED) is 0.482. The molecule has 1 fully saturated rings. The summed E-state index contributed by atoms with van der Waals surface area (Å²) in [5.41, 5.74) is 1.99. The van der Waals surface area contributed by atoms with Crippen LogP contribution in [0.2, 0.25) is 0 Å². The summed E-state index contributed by atoms with van der Waals surface area (Å²) in [6, 6.07) is 16.4. The van der Waals surface area contributed by atoms with Gasteiger partial charge in [-0.15, -0.1) is 0 Å². The van der Waals surface area contributed by atoms with Gasteiger partial charge in [0.2, 0.25) is 5.91 Å². The van der Waals surface area contributed by atoms with E-state index < -0.39 is 0 Å². The molecule has 174 valence electrons. The molecule has 8 heteroatoms. The molecule has 0 unspecified atom stereocenters. The number of rotatable bonds is 9. The second-order valence-corrected chi connectivity index (χ2v) is 8.94. The van der Waals surface area contributed by atoms with Crippen molar-refractivity contribution in [3.63, 3.8) is 0 Å². The summed E-state index contributed by atoms with van der Waals surface area (Å²) < 4.78 is 10.8. The Morgan fingerprint density at radius 2 is 1.79 bits per heavy atom. The van der Waals surface area contributed by atoms with Crippen LogP contribution in [0.5, 0.6) is 0 Å². The zero-order chi connectivity index (χ0) is 23.0. The number of hydrogen-bond acceptors (Lipinski definition) is 7. The largest absolute Gasteiger partial charge is 0.466 e. The average molecular weight is 467 g/mol. The van der Waals surface area contributed by atoms with Crippen molar-refractivity contribution in [1.29, 1.82) is 0 Å². The number of benzene rings is 2. The van der Waals surface area contributed by atoms with Crippen LogP contribution in [-0.2, 0) is 20.7 Å². The van der Waals surface area contributed by atoms with E-state index in [0.29, 0.717) is 6.61 Å². The van der Waals surface area contributed by atoms with Gasteiger partial charge < -0.3 is 15.0 Å². The predicted octanol–water partition coefficient (Wildman–Crippen LogP) is 3.94. The van der Waals surface area contributed by atoms with Crippen LogP contribution < -0.4 is 10.2 Å². The molecule has 2 aromatic carbocycles. The topological polar surface area (TPSA) is 74.8 Å². The van der Waals surface area contributed by atoms with E-state index in [1.807, 2.05) is 12.1 Å². The van der Waals surface area contributed by atoms with Crippen LogP contribution in [0.15, 0.2) is 48.5 Å². The fourth-order valence-electron chi connectivity index (χ4n) is 4.00. The highest BCUT2D eigenvalue weighted by Gasteiger charge is 2.20. The monoisotopic (exact) mass is 466 g/mol. The van der Waals surface area contributed by atoms with E-state index in [1.54, 1.807) is 18.5 Å². The first-order valence-electron chi connectivity index (χ1n) is 11.5. The van der Waals surface area contributed by atoms with Crippen molar-refractivity contribution in [3.8, 4) is 0 Å². The van der Waals surface area contributed by atoms with Gasteiger partial charge in [-0.2, -0.15) is 4.37 Å². The molecule has 1 saturated heterocycles. The Morgan fingerprint density at radius 1 is 1.03 bits per heavy atom. The van der Waals surface area contributed by atoms with E-state index >= 15 is 0 Å². The minimum atomic E-state index is -0.344. The molecule has 0 atom stereocenters. The van der Waals surface area contributed by atoms with Crippen LogP contribution in [0.25, 0.3) is 10.1 Å². The summed E-state index contributed by atoms with van der Waals surface area (Å²) in [7, 11) is 0. The van der Waals surface area contributed by atoms with E-state index in [2.05, 4.69) is 51.5 Å². The lowest BCUT2D eigenvalue weighted by molar-refractivity contribution is -0.144. The Morgan fingerprint density at radius 3 is 2.55 bits per heavy atom. The third-order valence-electron chi connectivity index (χ3n) is 5.85. The normalized spacial score (nSPS) is 14.4. The van der Waals surface area contributed by atoms with Crippen molar-refractivity contribution in [3.05, 3.63) is 54.1 Å². The lowest BCUT2D eigenvalue weighted by Gasteiger charge is -2.35. The van der Waals surface area contributed by atoms with Gasteiger partial charge in [-0.1, -0.05) is 24.3 Å². The Labute approximate surface area is 198 Å². The van der Waals surface area contributed by atoms with E-state index in [1.165, 1.54) is 15.6 Å². The van der Waals surface area contributed by atoms with Crippen LogP contribution in [0.4, 0.5) is 11.5 Å². The number of piperazine rings is 1. The third-order valence-corrected chi connectivity index (χ3v) is 6.66.